The fourth-order valence-corrected chi connectivity index (χ4v) is 2.20. The van der Waals surface area contributed by atoms with Gasteiger partial charge < -0.3 is 10.1 Å². The highest BCUT2D eigenvalue weighted by atomic mass is 35.5. The Morgan fingerprint density at radius 2 is 1.65 bits per heavy atom. The predicted octanol–water partition coefficient (Wildman–Crippen LogP) is 4.10. The summed E-state index contributed by atoms with van der Waals surface area (Å²) in [7, 11) is 1.70. The molecule has 20 heavy (non-hydrogen) atoms. The Hall–Kier alpha value is -1.22. The van der Waals surface area contributed by atoms with Crippen molar-refractivity contribution in [3.05, 3.63) is 64.7 Å². The molecule has 1 N–H and O–H groups in total. The Morgan fingerprint density at radius 1 is 1.00 bits per heavy atom. The molecule has 0 bridgehead atoms. The Kier molecular flexibility index (Phi) is 7.45. The van der Waals surface area contributed by atoms with Crippen LogP contribution in [-0.2, 0) is 13.0 Å². The minimum absolute atomic E-state index is 0. The van der Waals surface area contributed by atoms with E-state index in [1.54, 1.807) is 7.11 Å². The second-order valence-electron chi connectivity index (χ2n) is 4.33. The van der Waals surface area contributed by atoms with Crippen LogP contribution in [-0.4, -0.2) is 13.7 Å². The summed E-state index contributed by atoms with van der Waals surface area (Å²) in [6.07, 6.45) is 0.939. The molecule has 0 aliphatic carbocycles. The van der Waals surface area contributed by atoms with Crippen LogP contribution in [0.4, 0.5) is 0 Å². The largest absolute Gasteiger partial charge is 0.496 e. The zero-order valence-corrected chi connectivity index (χ0v) is 13.0. The molecule has 0 atom stereocenters. The van der Waals surface area contributed by atoms with E-state index in [1.807, 2.05) is 42.5 Å². The SMILES string of the molecule is COc1ccccc1CCNCc1ccccc1Cl.Cl. The second-order valence-corrected chi connectivity index (χ2v) is 4.74. The van der Waals surface area contributed by atoms with Gasteiger partial charge in [0.2, 0.25) is 0 Å². The summed E-state index contributed by atoms with van der Waals surface area (Å²) in [5.41, 5.74) is 2.35. The van der Waals surface area contributed by atoms with Gasteiger partial charge in [-0.2, -0.15) is 0 Å². The average Bonchev–Trinajstić information content (AvgIpc) is 2.45. The normalized spacial score (nSPS) is 9.90. The van der Waals surface area contributed by atoms with Gasteiger partial charge in [-0.05, 0) is 36.2 Å². The van der Waals surface area contributed by atoms with Crippen LogP contribution in [0.2, 0.25) is 5.02 Å². The number of hydrogen-bond acceptors (Lipinski definition) is 2. The highest BCUT2D eigenvalue weighted by Gasteiger charge is 2.02. The van der Waals surface area contributed by atoms with Crippen LogP contribution in [0.1, 0.15) is 11.1 Å². The molecule has 2 nitrogen and oxygen atoms in total. The van der Waals surface area contributed by atoms with E-state index < -0.39 is 0 Å². The number of methoxy groups -OCH3 is 1. The third-order valence-electron chi connectivity index (χ3n) is 3.04. The van der Waals surface area contributed by atoms with Crippen LogP contribution < -0.4 is 10.1 Å². The van der Waals surface area contributed by atoms with E-state index >= 15 is 0 Å². The molecule has 0 aliphatic rings. The molecule has 0 amide bonds. The lowest BCUT2D eigenvalue weighted by molar-refractivity contribution is 0.409. The maximum absolute atomic E-state index is 6.11. The van der Waals surface area contributed by atoms with E-state index in [0.717, 1.165) is 35.8 Å². The summed E-state index contributed by atoms with van der Waals surface area (Å²) >= 11 is 6.11. The van der Waals surface area contributed by atoms with Crippen LogP contribution in [0, 0.1) is 0 Å². The number of hydrogen-bond donors (Lipinski definition) is 1. The first-order valence-electron chi connectivity index (χ1n) is 6.37. The van der Waals surface area contributed by atoms with Gasteiger partial charge in [0.1, 0.15) is 5.75 Å². The summed E-state index contributed by atoms with van der Waals surface area (Å²) in [6.45, 7) is 1.68. The molecule has 2 aromatic carbocycles. The Balaban J connectivity index is 0.00000200. The van der Waals surface area contributed by atoms with Gasteiger partial charge in [-0.3, -0.25) is 0 Å². The lowest BCUT2D eigenvalue weighted by atomic mass is 10.1. The zero-order chi connectivity index (χ0) is 13.5. The van der Waals surface area contributed by atoms with Gasteiger partial charge in [-0.1, -0.05) is 48.0 Å². The van der Waals surface area contributed by atoms with Crippen molar-refractivity contribution in [2.24, 2.45) is 0 Å². The zero-order valence-electron chi connectivity index (χ0n) is 11.4. The molecule has 0 heterocycles. The number of para-hydroxylation sites is 1. The minimum Gasteiger partial charge on any atom is -0.496 e. The quantitative estimate of drug-likeness (QED) is 0.811. The fourth-order valence-electron chi connectivity index (χ4n) is 2.00. The van der Waals surface area contributed by atoms with E-state index in [2.05, 4.69) is 11.4 Å². The molecule has 108 valence electrons. The molecule has 0 fully saturated rings. The van der Waals surface area contributed by atoms with Gasteiger partial charge in [0.15, 0.2) is 0 Å². The summed E-state index contributed by atoms with van der Waals surface area (Å²) in [4.78, 5) is 0. The highest BCUT2D eigenvalue weighted by molar-refractivity contribution is 6.31. The third-order valence-corrected chi connectivity index (χ3v) is 3.41. The van der Waals surface area contributed by atoms with E-state index in [-0.39, 0.29) is 12.4 Å². The van der Waals surface area contributed by atoms with Crippen molar-refractivity contribution in [1.82, 2.24) is 5.32 Å². The van der Waals surface area contributed by atoms with Crippen LogP contribution in [0.3, 0.4) is 0 Å². The van der Waals surface area contributed by atoms with Crippen molar-refractivity contribution < 1.29 is 4.74 Å². The van der Waals surface area contributed by atoms with E-state index in [0.29, 0.717) is 0 Å². The van der Waals surface area contributed by atoms with Crippen molar-refractivity contribution in [3.63, 3.8) is 0 Å². The first kappa shape index (κ1) is 16.8. The number of ether oxygens (including phenoxy) is 1. The average molecular weight is 312 g/mol. The molecular weight excluding hydrogens is 293 g/mol. The number of nitrogens with one attached hydrogen (secondary N) is 1. The third kappa shape index (κ3) is 4.71. The standard InChI is InChI=1S/C16H18ClNO.ClH/c1-19-16-9-5-3-6-13(16)10-11-18-12-14-7-2-4-8-15(14)17;/h2-9,18H,10-12H2,1H3;1H. The first-order chi connectivity index (χ1) is 9.31. The lowest BCUT2D eigenvalue weighted by Crippen LogP contribution is -2.17. The van der Waals surface area contributed by atoms with Crippen LogP contribution in [0.15, 0.2) is 48.5 Å². The molecule has 0 unspecified atom stereocenters. The second kappa shape index (κ2) is 8.85. The summed E-state index contributed by atoms with van der Waals surface area (Å²) < 4.78 is 5.33. The molecule has 0 aliphatic heterocycles. The lowest BCUT2D eigenvalue weighted by Gasteiger charge is -2.09. The van der Waals surface area contributed by atoms with Gasteiger partial charge in [0.05, 0.1) is 7.11 Å². The number of rotatable bonds is 6. The first-order valence-corrected chi connectivity index (χ1v) is 6.75. The molecule has 0 aromatic heterocycles. The highest BCUT2D eigenvalue weighted by Crippen LogP contribution is 2.17. The summed E-state index contributed by atoms with van der Waals surface area (Å²) in [5, 5.41) is 4.21. The van der Waals surface area contributed by atoms with E-state index in [1.165, 1.54) is 5.56 Å². The van der Waals surface area contributed by atoms with Crippen LogP contribution in [0.5, 0.6) is 5.75 Å². The monoisotopic (exact) mass is 311 g/mol. The van der Waals surface area contributed by atoms with Gasteiger partial charge in [0.25, 0.3) is 0 Å². The number of benzene rings is 2. The van der Waals surface area contributed by atoms with Crippen molar-refractivity contribution in [2.45, 2.75) is 13.0 Å². The van der Waals surface area contributed by atoms with Gasteiger partial charge in [-0.15, -0.1) is 12.4 Å². The molecular formula is C16H19Cl2NO. The van der Waals surface area contributed by atoms with Crippen molar-refractivity contribution in [1.29, 1.82) is 0 Å². The van der Waals surface area contributed by atoms with E-state index in [9.17, 15) is 0 Å². The Morgan fingerprint density at radius 3 is 2.35 bits per heavy atom. The maximum atomic E-state index is 6.11. The molecule has 0 saturated carbocycles. The van der Waals surface area contributed by atoms with Gasteiger partial charge in [0, 0.05) is 11.6 Å². The molecule has 4 heteroatoms. The van der Waals surface area contributed by atoms with Crippen LogP contribution >= 0.6 is 24.0 Å². The van der Waals surface area contributed by atoms with Crippen molar-refractivity contribution in [3.8, 4) is 5.75 Å². The van der Waals surface area contributed by atoms with Crippen molar-refractivity contribution in [2.75, 3.05) is 13.7 Å². The topological polar surface area (TPSA) is 21.3 Å². The Bertz CT molecular complexity index is 531. The smallest absolute Gasteiger partial charge is 0.122 e. The van der Waals surface area contributed by atoms with Crippen LogP contribution in [0.25, 0.3) is 0 Å². The summed E-state index contributed by atoms with van der Waals surface area (Å²) in [5.74, 6) is 0.946. The predicted molar refractivity (Wildman–Crippen MR) is 87.1 cm³/mol. The molecule has 0 spiro atoms. The number of halogens is 2. The summed E-state index contributed by atoms with van der Waals surface area (Å²) in [6, 6.07) is 16.0. The molecule has 0 saturated heterocycles. The molecule has 2 aromatic rings. The molecule has 2 rings (SSSR count). The van der Waals surface area contributed by atoms with E-state index in [4.69, 9.17) is 16.3 Å². The van der Waals surface area contributed by atoms with Gasteiger partial charge >= 0.3 is 0 Å². The fraction of sp³-hybridized carbons (Fsp3) is 0.250. The van der Waals surface area contributed by atoms with Crippen molar-refractivity contribution >= 4 is 24.0 Å². The van der Waals surface area contributed by atoms with Gasteiger partial charge in [-0.25, -0.2) is 0 Å². The Labute approximate surface area is 131 Å². The maximum Gasteiger partial charge on any atom is 0.122 e. The molecule has 0 radical (unpaired) electrons. The minimum atomic E-state index is 0.